The molecule has 0 spiro atoms. The lowest BCUT2D eigenvalue weighted by Gasteiger charge is -2.26. The Hall–Kier alpha value is -1.67. The fourth-order valence-corrected chi connectivity index (χ4v) is 4.38. The second kappa shape index (κ2) is 16.9. The molecular formula is C30H46O4. The summed E-state index contributed by atoms with van der Waals surface area (Å²) in [5.74, 6) is 5.09. The van der Waals surface area contributed by atoms with Crippen LogP contribution in [0.3, 0.4) is 0 Å². The maximum absolute atomic E-state index is 13.0. The number of unbranched alkanes of at least 4 members (excludes halogenated alkanes) is 10. The molecule has 0 amide bonds. The van der Waals surface area contributed by atoms with Crippen LogP contribution in [0, 0.1) is 11.8 Å². The number of carbonyl (C=O) groups is 1. The fourth-order valence-electron chi connectivity index (χ4n) is 4.38. The van der Waals surface area contributed by atoms with Gasteiger partial charge in [-0.15, -0.1) is 0 Å². The van der Waals surface area contributed by atoms with Crippen LogP contribution in [0.15, 0.2) is 30.3 Å². The van der Waals surface area contributed by atoms with Crippen LogP contribution in [-0.2, 0) is 25.6 Å². The summed E-state index contributed by atoms with van der Waals surface area (Å²) in [6, 6.07) is 9.89. The summed E-state index contributed by atoms with van der Waals surface area (Å²) in [4.78, 5) is 13.0. The lowest BCUT2D eigenvalue weighted by atomic mass is 10.1. The Balaban J connectivity index is 1.78. The predicted octanol–water partition coefficient (Wildman–Crippen LogP) is 7.39. The summed E-state index contributed by atoms with van der Waals surface area (Å²) >= 11 is 0. The minimum absolute atomic E-state index is 0.209. The average Bonchev–Trinajstić information content (AvgIpc) is 3.30. The number of Topliss-reactive ketones (excluding diaryl/α,β-unsaturated/α-hetero) is 1. The number of benzene rings is 1. The first-order valence-corrected chi connectivity index (χ1v) is 13.6. The molecule has 0 unspecified atom stereocenters. The molecule has 0 saturated carbocycles. The third kappa shape index (κ3) is 10.3. The highest BCUT2D eigenvalue weighted by Gasteiger charge is 2.44. The van der Waals surface area contributed by atoms with Crippen molar-refractivity contribution >= 4 is 5.78 Å². The standard InChI is InChI=1S/C30H46O4/c1-4-7-8-9-10-11-12-13-14-15-16-20-23-27(31)29(32-24-26-21-18-17-19-22-26)28-25-33-30(5-2,6-3)34-28/h17-19,21-22,28-29H,4-16,24-25H2,1-3H3/t28-,29+/m1/s1. The minimum Gasteiger partial charge on any atom is -0.362 e. The summed E-state index contributed by atoms with van der Waals surface area (Å²) in [6.45, 7) is 7.05. The van der Waals surface area contributed by atoms with Crippen LogP contribution in [0.25, 0.3) is 0 Å². The SMILES string of the molecule is CCCCCCCCCCCCC#CC(=O)[C@H](OCc1ccccc1)[C@H]1COC(CC)(CC)O1. The van der Waals surface area contributed by atoms with Crippen molar-refractivity contribution in [2.75, 3.05) is 6.61 Å². The van der Waals surface area contributed by atoms with Gasteiger partial charge >= 0.3 is 0 Å². The molecule has 1 aromatic carbocycles. The van der Waals surface area contributed by atoms with E-state index in [1.54, 1.807) is 0 Å². The van der Waals surface area contributed by atoms with E-state index in [-0.39, 0.29) is 5.78 Å². The molecule has 0 aromatic heterocycles. The molecule has 2 atom stereocenters. The van der Waals surface area contributed by atoms with Gasteiger partial charge in [0.05, 0.1) is 13.2 Å². The molecule has 4 nitrogen and oxygen atoms in total. The average molecular weight is 471 g/mol. The van der Waals surface area contributed by atoms with E-state index in [4.69, 9.17) is 14.2 Å². The molecule has 0 radical (unpaired) electrons. The molecule has 1 fully saturated rings. The molecule has 4 heteroatoms. The third-order valence-electron chi connectivity index (χ3n) is 6.69. The monoisotopic (exact) mass is 470 g/mol. The molecule has 1 heterocycles. The second-order valence-electron chi connectivity index (χ2n) is 9.40. The zero-order chi connectivity index (χ0) is 24.5. The van der Waals surface area contributed by atoms with Crippen molar-refractivity contribution in [2.24, 2.45) is 0 Å². The van der Waals surface area contributed by atoms with Crippen LogP contribution < -0.4 is 0 Å². The number of hydrogen-bond acceptors (Lipinski definition) is 4. The van der Waals surface area contributed by atoms with Crippen LogP contribution in [-0.4, -0.2) is 30.4 Å². The van der Waals surface area contributed by atoms with Gasteiger partial charge in [0.2, 0.25) is 5.78 Å². The van der Waals surface area contributed by atoms with Crippen molar-refractivity contribution in [1.29, 1.82) is 0 Å². The molecule has 0 N–H and O–H groups in total. The Morgan fingerprint density at radius 2 is 1.59 bits per heavy atom. The summed E-state index contributed by atoms with van der Waals surface area (Å²) < 4.78 is 18.2. The zero-order valence-electron chi connectivity index (χ0n) is 21.8. The van der Waals surface area contributed by atoms with Crippen molar-refractivity contribution in [3.8, 4) is 11.8 Å². The smallest absolute Gasteiger partial charge is 0.236 e. The van der Waals surface area contributed by atoms with Crippen molar-refractivity contribution < 1.29 is 19.0 Å². The highest BCUT2D eigenvalue weighted by molar-refractivity contribution is 5.99. The summed E-state index contributed by atoms with van der Waals surface area (Å²) in [6.07, 6.45) is 14.0. The zero-order valence-corrected chi connectivity index (χ0v) is 21.8. The minimum atomic E-state index is -0.736. The van der Waals surface area contributed by atoms with Crippen LogP contribution >= 0.6 is 0 Å². The van der Waals surface area contributed by atoms with Gasteiger partial charge in [0.1, 0.15) is 6.10 Å². The Labute approximate surface area is 208 Å². The topological polar surface area (TPSA) is 44.8 Å². The summed E-state index contributed by atoms with van der Waals surface area (Å²) in [7, 11) is 0. The first kappa shape index (κ1) is 28.6. The van der Waals surface area contributed by atoms with Crippen molar-refractivity contribution in [3.63, 3.8) is 0 Å². The maximum atomic E-state index is 13.0. The Kier molecular flexibility index (Phi) is 14.2. The van der Waals surface area contributed by atoms with E-state index in [2.05, 4.69) is 18.8 Å². The molecule has 1 aliphatic heterocycles. The highest BCUT2D eigenvalue weighted by Crippen LogP contribution is 2.32. The van der Waals surface area contributed by atoms with Gasteiger partial charge < -0.3 is 14.2 Å². The summed E-state index contributed by atoms with van der Waals surface area (Å²) in [5.41, 5.74) is 1.02. The molecule has 34 heavy (non-hydrogen) atoms. The number of ketones is 1. The molecular weight excluding hydrogens is 424 g/mol. The van der Waals surface area contributed by atoms with Crippen LogP contribution in [0.1, 0.15) is 110 Å². The number of hydrogen-bond donors (Lipinski definition) is 0. The fraction of sp³-hybridized carbons (Fsp3) is 0.700. The van der Waals surface area contributed by atoms with Gasteiger partial charge in [-0.1, -0.05) is 115 Å². The van der Waals surface area contributed by atoms with E-state index in [0.29, 0.717) is 13.2 Å². The van der Waals surface area contributed by atoms with Crippen molar-refractivity contribution in [3.05, 3.63) is 35.9 Å². The normalized spacial score (nSPS) is 17.8. The van der Waals surface area contributed by atoms with E-state index < -0.39 is 18.0 Å². The molecule has 2 rings (SSSR count). The maximum Gasteiger partial charge on any atom is 0.236 e. The third-order valence-corrected chi connectivity index (χ3v) is 6.69. The van der Waals surface area contributed by atoms with Gasteiger partial charge in [0.15, 0.2) is 11.9 Å². The lowest BCUT2D eigenvalue weighted by Crippen LogP contribution is -2.39. The van der Waals surface area contributed by atoms with E-state index in [1.165, 1.54) is 57.8 Å². The van der Waals surface area contributed by atoms with Gasteiger partial charge in [0.25, 0.3) is 0 Å². The van der Waals surface area contributed by atoms with E-state index >= 15 is 0 Å². The Morgan fingerprint density at radius 1 is 0.971 bits per heavy atom. The van der Waals surface area contributed by atoms with Gasteiger partial charge in [-0.25, -0.2) is 0 Å². The predicted molar refractivity (Wildman–Crippen MR) is 138 cm³/mol. The van der Waals surface area contributed by atoms with Crippen molar-refractivity contribution in [2.45, 2.75) is 129 Å². The number of carbonyl (C=O) groups excluding carboxylic acids is 1. The van der Waals surface area contributed by atoms with Gasteiger partial charge in [-0.2, -0.15) is 0 Å². The first-order valence-electron chi connectivity index (χ1n) is 13.6. The quantitative estimate of drug-likeness (QED) is 0.135. The second-order valence-corrected chi connectivity index (χ2v) is 9.40. The van der Waals surface area contributed by atoms with Crippen molar-refractivity contribution in [1.82, 2.24) is 0 Å². The van der Waals surface area contributed by atoms with Crippen LogP contribution in [0.4, 0.5) is 0 Å². The van der Waals surface area contributed by atoms with E-state index in [9.17, 15) is 4.79 Å². The number of ether oxygens (including phenoxy) is 3. The van der Waals surface area contributed by atoms with Gasteiger partial charge in [0, 0.05) is 6.42 Å². The van der Waals surface area contributed by atoms with E-state index in [1.807, 2.05) is 44.2 Å². The first-order chi connectivity index (χ1) is 16.6. The molecule has 0 aliphatic carbocycles. The Morgan fingerprint density at radius 3 is 2.18 bits per heavy atom. The highest BCUT2D eigenvalue weighted by atomic mass is 16.8. The lowest BCUT2D eigenvalue weighted by molar-refractivity contribution is -0.186. The van der Waals surface area contributed by atoms with Crippen LogP contribution in [0.5, 0.6) is 0 Å². The largest absolute Gasteiger partial charge is 0.362 e. The molecule has 1 aromatic rings. The molecule has 0 bridgehead atoms. The molecule has 190 valence electrons. The summed E-state index contributed by atoms with van der Waals surface area (Å²) in [5, 5.41) is 0. The van der Waals surface area contributed by atoms with E-state index in [0.717, 1.165) is 31.2 Å². The molecule has 1 saturated heterocycles. The number of rotatable bonds is 17. The van der Waals surface area contributed by atoms with Crippen LogP contribution in [0.2, 0.25) is 0 Å². The van der Waals surface area contributed by atoms with Gasteiger partial charge in [-0.3, -0.25) is 4.79 Å². The Bertz CT molecular complexity index is 729. The molecule has 1 aliphatic rings. The van der Waals surface area contributed by atoms with Gasteiger partial charge in [-0.05, 0) is 30.7 Å².